The van der Waals surface area contributed by atoms with Gasteiger partial charge in [-0.05, 0) is 25.1 Å². The van der Waals surface area contributed by atoms with Gasteiger partial charge in [-0.1, -0.05) is 0 Å². The highest BCUT2D eigenvalue weighted by atomic mass is 19.2. The highest BCUT2D eigenvalue weighted by Gasteiger charge is 2.13. The Morgan fingerprint density at radius 1 is 1.31 bits per heavy atom. The van der Waals surface area contributed by atoms with E-state index in [4.69, 9.17) is 0 Å². The third kappa shape index (κ3) is 1.60. The van der Waals surface area contributed by atoms with Crippen molar-refractivity contribution in [3.05, 3.63) is 41.1 Å². The maximum atomic E-state index is 13.0. The van der Waals surface area contributed by atoms with Gasteiger partial charge in [0.05, 0.1) is 5.56 Å². The van der Waals surface area contributed by atoms with Gasteiger partial charge in [-0.2, -0.15) is 5.10 Å². The third-order valence-corrected chi connectivity index (χ3v) is 2.31. The molecule has 0 aliphatic heterocycles. The summed E-state index contributed by atoms with van der Waals surface area (Å²) in [6, 6.07) is 3.39. The Labute approximate surface area is 90.1 Å². The van der Waals surface area contributed by atoms with Gasteiger partial charge in [0.25, 0.3) is 0 Å². The number of halogens is 2. The van der Waals surface area contributed by atoms with E-state index in [1.165, 1.54) is 6.07 Å². The van der Waals surface area contributed by atoms with Gasteiger partial charge in [-0.15, -0.1) is 0 Å². The minimum Gasteiger partial charge on any atom is -0.298 e. The maximum Gasteiger partial charge on any atom is 0.159 e. The van der Waals surface area contributed by atoms with Crippen LogP contribution in [0.25, 0.3) is 11.3 Å². The summed E-state index contributed by atoms with van der Waals surface area (Å²) in [5, 5.41) is 6.51. The number of aldehydes is 1. The van der Waals surface area contributed by atoms with Crippen molar-refractivity contribution in [1.29, 1.82) is 0 Å². The van der Waals surface area contributed by atoms with Crippen molar-refractivity contribution in [1.82, 2.24) is 10.2 Å². The Kier molecular flexibility index (Phi) is 2.52. The number of carbonyl (C=O) groups is 1. The lowest BCUT2D eigenvalue weighted by molar-refractivity contribution is 0.112. The second-order valence-corrected chi connectivity index (χ2v) is 3.36. The summed E-state index contributed by atoms with van der Waals surface area (Å²) in [4.78, 5) is 10.8. The first kappa shape index (κ1) is 10.5. The lowest BCUT2D eigenvalue weighted by Crippen LogP contribution is -1.89. The van der Waals surface area contributed by atoms with Gasteiger partial charge in [0.2, 0.25) is 0 Å². The molecule has 0 radical (unpaired) electrons. The summed E-state index contributed by atoms with van der Waals surface area (Å²) in [7, 11) is 0. The lowest BCUT2D eigenvalue weighted by atomic mass is 10.1. The summed E-state index contributed by atoms with van der Waals surface area (Å²) in [6.45, 7) is 1.68. The zero-order valence-electron chi connectivity index (χ0n) is 8.42. The van der Waals surface area contributed by atoms with Crippen LogP contribution in [0.5, 0.6) is 0 Å². The first-order chi connectivity index (χ1) is 7.63. The van der Waals surface area contributed by atoms with Gasteiger partial charge in [0.15, 0.2) is 17.9 Å². The summed E-state index contributed by atoms with van der Waals surface area (Å²) in [6.07, 6.45) is 0.634. The van der Waals surface area contributed by atoms with Crippen LogP contribution >= 0.6 is 0 Å². The van der Waals surface area contributed by atoms with E-state index in [1.807, 2.05) is 0 Å². The lowest BCUT2D eigenvalue weighted by Gasteiger charge is -1.99. The van der Waals surface area contributed by atoms with Crippen LogP contribution in [0.15, 0.2) is 18.2 Å². The molecule has 0 saturated heterocycles. The summed E-state index contributed by atoms with van der Waals surface area (Å²) in [5.41, 5.74) is 1.64. The molecule has 1 aromatic heterocycles. The number of aromatic nitrogens is 2. The number of aryl methyl sites for hydroxylation is 1. The van der Waals surface area contributed by atoms with Crippen LogP contribution in [0.1, 0.15) is 16.1 Å². The Bertz CT molecular complexity index is 549. The number of rotatable bonds is 2. The normalized spacial score (nSPS) is 10.4. The van der Waals surface area contributed by atoms with Crippen LogP contribution in [0, 0.1) is 18.6 Å². The van der Waals surface area contributed by atoms with Crippen LogP contribution in [0.3, 0.4) is 0 Å². The van der Waals surface area contributed by atoms with E-state index in [-0.39, 0.29) is 0 Å². The topological polar surface area (TPSA) is 45.8 Å². The maximum absolute atomic E-state index is 13.0. The van der Waals surface area contributed by atoms with E-state index in [1.54, 1.807) is 6.92 Å². The first-order valence-corrected chi connectivity index (χ1v) is 4.59. The van der Waals surface area contributed by atoms with Gasteiger partial charge >= 0.3 is 0 Å². The van der Waals surface area contributed by atoms with Crippen molar-refractivity contribution in [2.24, 2.45) is 0 Å². The summed E-state index contributed by atoms with van der Waals surface area (Å²) in [5.74, 6) is -1.89. The molecule has 1 heterocycles. The largest absolute Gasteiger partial charge is 0.298 e. The summed E-state index contributed by atoms with van der Waals surface area (Å²) < 4.78 is 25.7. The highest BCUT2D eigenvalue weighted by molar-refractivity contribution is 5.87. The fraction of sp³-hybridized carbons (Fsp3) is 0.0909. The molecule has 5 heteroatoms. The molecule has 0 unspecified atom stereocenters. The minimum atomic E-state index is -0.963. The zero-order chi connectivity index (χ0) is 11.7. The van der Waals surface area contributed by atoms with Crippen molar-refractivity contribution in [3.8, 4) is 11.3 Å². The third-order valence-electron chi connectivity index (χ3n) is 2.31. The number of benzene rings is 1. The van der Waals surface area contributed by atoms with E-state index in [2.05, 4.69) is 10.2 Å². The minimum absolute atomic E-state index is 0.325. The van der Waals surface area contributed by atoms with E-state index in [0.717, 1.165) is 12.1 Å². The van der Waals surface area contributed by atoms with Crippen molar-refractivity contribution < 1.29 is 13.6 Å². The predicted octanol–water partition coefficient (Wildman–Crippen LogP) is 2.48. The average molecular weight is 222 g/mol. The molecule has 16 heavy (non-hydrogen) atoms. The molecular formula is C11H8F2N2O. The van der Waals surface area contributed by atoms with Crippen molar-refractivity contribution in [3.63, 3.8) is 0 Å². The average Bonchev–Trinajstić information content (AvgIpc) is 2.63. The van der Waals surface area contributed by atoms with E-state index in [0.29, 0.717) is 28.8 Å². The number of aromatic amines is 1. The number of carbonyl (C=O) groups excluding carboxylic acids is 1. The quantitative estimate of drug-likeness (QED) is 0.793. The van der Waals surface area contributed by atoms with Crippen LogP contribution < -0.4 is 0 Å². The zero-order valence-corrected chi connectivity index (χ0v) is 8.42. The van der Waals surface area contributed by atoms with Gasteiger partial charge in [0, 0.05) is 11.3 Å². The SMILES string of the molecule is Cc1[nH]nc(-c2ccc(F)c(F)c2)c1C=O. The molecule has 0 aliphatic rings. The molecule has 82 valence electrons. The van der Waals surface area contributed by atoms with Crippen molar-refractivity contribution in [2.45, 2.75) is 6.92 Å². The Morgan fingerprint density at radius 3 is 2.69 bits per heavy atom. The van der Waals surface area contributed by atoms with Crippen LogP contribution in [-0.4, -0.2) is 16.5 Å². The van der Waals surface area contributed by atoms with Gasteiger partial charge in [0.1, 0.15) is 5.69 Å². The Hall–Kier alpha value is -2.04. The molecule has 0 saturated carbocycles. The standard InChI is InChI=1S/C11H8F2N2O/c1-6-8(5-16)11(15-14-6)7-2-3-9(12)10(13)4-7/h2-5H,1H3,(H,14,15). The molecule has 0 bridgehead atoms. The Morgan fingerprint density at radius 2 is 2.06 bits per heavy atom. The Balaban J connectivity index is 2.58. The molecule has 1 aromatic carbocycles. The number of hydrogen-bond acceptors (Lipinski definition) is 2. The number of nitrogens with one attached hydrogen (secondary N) is 1. The number of H-pyrrole nitrogens is 1. The fourth-order valence-electron chi connectivity index (χ4n) is 1.45. The monoisotopic (exact) mass is 222 g/mol. The van der Waals surface area contributed by atoms with Gasteiger partial charge in [-0.25, -0.2) is 8.78 Å². The second kappa shape index (κ2) is 3.84. The van der Waals surface area contributed by atoms with Crippen LogP contribution in [0.2, 0.25) is 0 Å². The van der Waals surface area contributed by atoms with E-state index < -0.39 is 11.6 Å². The fourth-order valence-corrected chi connectivity index (χ4v) is 1.45. The molecule has 3 nitrogen and oxygen atoms in total. The molecule has 2 aromatic rings. The highest BCUT2D eigenvalue weighted by Crippen LogP contribution is 2.23. The van der Waals surface area contributed by atoms with Gasteiger partial charge in [-0.3, -0.25) is 9.89 Å². The second-order valence-electron chi connectivity index (χ2n) is 3.36. The van der Waals surface area contributed by atoms with Crippen molar-refractivity contribution >= 4 is 6.29 Å². The van der Waals surface area contributed by atoms with Crippen LogP contribution in [0.4, 0.5) is 8.78 Å². The molecular weight excluding hydrogens is 214 g/mol. The summed E-state index contributed by atoms with van der Waals surface area (Å²) >= 11 is 0. The molecule has 0 aliphatic carbocycles. The molecule has 1 N–H and O–H groups in total. The molecule has 0 atom stereocenters. The van der Waals surface area contributed by atoms with E-state index in [9.17, 15) is 13.6 Å². The number of hydrogen-bond donors (Lipinski definition) is 1. The van der Waals surface area contributed by atoms with E-state index >= 15 is 0 Å². The first-order valence-electron chi connectivity index (χ1n) is 4.59. The van der Waals surface area contributed by atoms with Gasteiger partial charge < -0.3 is 0 Å². The predicted molar refractivity (Wildman–Crippen MR) is 54.1 cm³/mol. The molecule has 0 spiro atoms. The molecule has 0 fully saturated rings. The van der Waals surface area contributed by atoms with Crippen molar-refractivity contribution in [2.75, 3.05) is 0 Å². The smallest absolute Gasteiger partial charge is 0.159 e. The number of nitrogens with zero attached hydrogens (tertiary/aromatic N) is 1. The molecule has 0 amide bonds. The van der Waals surface area contributed by atoms with Crippen LogP contribution in [-0.2, 0) is 0 Å². The molecule has 2 rings (SSSR count).